The van der Waals surface area contributed by atoms with Crippen molar-refractivity contribution in [2.24, 2.45) is 0 Å². The maximum atomic E-state index is 12.1. The van der Waals surface area contributed by atoms with Gasteiger partial charge >= 0.3 is 0 Å². The van der Waals surface area contributed by atoms with Crippen LogP contribution in [0, 0.1) is 13.8 Å². The molecule has 0 aliphatic heterocycles. The van der Waals surface area contributed by atoms with Crippen LogP contribution in [0.3, 0.4) is 0 Å². The smallest absolute Gasteiger partial charge is 0.252 e. The molecule has 112 valence electrons. The van der Waals surface area contributed by atoms with Gasteiger partial charge in [-0.25, -0.2) is 0 Å². The van der Waals surface area contributed by atoms with Crippen molar-refractivity contribution in [2.75, 3.05) is 6.54 Å². The highest BCUT2D eigenvalue weighted by atomic mass is 79.9. The number of amides is 1. The first-order valence-corrected chi connectivity index (χ1v) is 7.89. The molecule has 0 atom stereocenters. The summed E-state index contributed by atoms with van der Waals surface area (Å²) in [6.07, 6.45) is 0.819. The van der Waals surface area contributed by atoms with Crippen LogP contribution in [0.4, 0.5) is 0 Å². The average Bonchev–Trinajstić information content (AvgIpc) is 2.76. The van der Waals surface area contributed by atoms with E-state index in [0.717, 1.165) is 28.8 Å². The highest BCUT2D eigenvalue weighted by Crippen LogP contribution is 2.25. The third kappa shape index (κ3) is 4.08. The van der Waals surface area contributed by atoms with Gasteiger partial charge in [-0.2, -0.15) is 5.10 Å². The van der Waals surface area contributed by atoms with Gasteiger partial charge in [-0.15, -0.1) is 0 Å². The van der Waals surface area contributed by atoms with Crippen molar-refractivity contribution in [2.45, 2.75) is 26.8 Å². The van der Waals surface area contributed by atoms with E-state index in [4.69, 9.17) is 11.6 Å². The van der Waals surface area contributed by atoms with Crippen molar-refractivity contribution in [3.63, 3.8) is 0 Å². The number of aromatic nitrogens is 2. The van der Waals surface area contributed by atoms with Crippen LogP contribution in [0.15, 0.2) is 28.7 Å². The lowest BCUT2D eigenvalue weighted by Gasteiger charge is -2.08. The normalized spacial score (nSPS) is 10.7. The lowest BCUT2D eigenvalue weighted by molar-refractivity contribution is 0.0952. The van der Waals surface area contributed by atoms with Gasteiger partial charge in [0.05, 0.1) is 16.3 Å². The maximum absolute atomic E-state index is 12.1. The second-order valence-electron chi connectivity index (χ2n) is 4.86. The molecule has 0 unspecified atom stereocenters. The Kier molecular flexibility index (Phi) is 5.42. The Balaban J connectivity index is 1.85. The second kappa shape index (κ2) is 7.09. The summed E-state index contributed by atoms with van der Waals surface area (Å²) in [5, 5.41) is 7.70. The van der Waals surface area contributed by atoms with E-state index in [2.05, 4.69) is 26.3 Å². The van der Waals surface area contributed by atoms with Crippen LogP contribution in [0.2, 0.25) is 5.02 Å². The van der Waals surface area contributed by atoms with Crippen molar-refractivity contribution in [3.8, 4) is 0 Å². The minimum absolute atomic E-state index is 0.158. The molecule has 4 nitrogen and oxygen atoms in total. The molecule has 1 heterocycles. The van der Waals surface area contributed by atoms with Gasteiger partial charge in [0.25, 0.3) is 5.91 Å². The number of nitrogens with zero attached hydrogens (tertiary/aromatic N) is 2. The number of rotatable bonds is 5. The highest BCUT2D eigenvalue weighted by molar-refractivity contribution is 9.10. The molecule has 2 rings (SSSR count). The molecule has 0 fully saturated rings. The number of aryl methyl sites for hydroxylation is 3. The average molecular weight is 371 g/mol. The van der Waals surface area contributed by atoms with Crippen molar-refractivity contribution in [3.05, 3.63) is 50.7 Å². The minimum Gasteiger partial charge on any atom is -0.352 e. The van der Waals surface area contributed by atoms with Crippen LogP contribution >= 0.6 is 27.5 Å². The number of benzene rings is 1. The monoisotopic (exact) mass is 369 g/mol. The lowest BCUT2D eigenvalue weighted by atomic mass is 10.2. The summed E-state index contributed by atoms with van der Waals surface area (Å²) < 4.78 is 2.67. The van der Waals surface area contributed by atoms with E-state index in [1.165, 1.54) is 0 Å². The van der Waals surface area contributed by atoms with Gasteiger partial charge in [-0.1, -0.05) is 17.7 Å². The molecule has 0 radical (unpaired) electrons. The van der Waals surface area contributed by atoms with Crippen LogP contribution in [0.5, 0.6) is 0 Å². The van der Waals surface area contributed by atoms with Gasteiger partial charge < -0.3 is 5.32 Å². The zero-order valence-corrected chi connectivity index (χ0v) is 14.3. The zero-order valence-electron chi connectivity index (χ0n) is 12.0. The van der Waals surface area contributed by atoms with Crippen LogP contribution in [-0.4, -0.2) is 22.2 Å². The second-order valence-corrected chi connectivity index (χ2v) is 6.09. The lowest BCUT2D eigenvalue weighted by Crippen LogP contribution is -2.25. The van der Waals surface area contributed by atoms with Crippen molar-refractivity contribution in [1.82, 2.24) is 15.1 Å². The van der Waals surface area contributed by atoms with Crippen molar-refractivity contribution in [1.29, 1.82) is 0 Å². The molecule has 0 aliphatic rings. The number of carbonyl (C=O) groups excluding carboxylic acids is 1. The number of hydrogen-bond donors (Lipinski definition) is 1. The van der Waals surface area contributed by atoms with Crippen molar-refractivity contribution >= 4 is 33.4 Å². The molecular formula is C15H17BrClN3O. The maximum Gasteiger partial charge on any atom is 0.252 e. The number of halogens is 2. The molecule has 0 bridgehead atoms. The quantitative estimate of drug-likeness (QED) is 0.815. The predicted octanol–water partition coefficient (Wildman–Crippen LogP) is 3.74. The van der Waals surface area contributed by atoms with E-state index >= 15 is 0 Å². The molecule has 0 aliphatic carbocycles. The first-order chi connectivity index (χ1) is 9.99. The highest BCUT2D eigenvalue weighted by Gasteiger charge is 2.11. The third-order valence-electron chi connectivity index (χ3n) is 3.13. The molecule has 2 aromatic rings. The molecule has 1 amide bonds. The summed E-state index contributed by atoms with van der Waals surface area (Å²) >= 11 is 9.41. The fraction of sp³-hybridized carbons (Fsp3) is 0.333. The molecule has 0 spiro atoms. The SMILES string of the molecule is Cc1cc(C)n(CCCNC(=O)c2cccc(Br)c2Cl)n1. The van der Waals surface area contributed by atoms with Crippen LogP contribution in [0.25, 0.3) is 0 Å². The Morgan fingerprint density at radius 2 is 2.19 bits per heavy atom. The van der Waals surface area contributed by atoms with Crippen molar-refractivity contribution < 1.29 is 4.79 Å². The molecule has 1 aromatic heterocycles. The fourth-order valence-electron chi connectivity index (χ4n) is 2.11. The summed E-state index contributed by atoms with van der Waals surface area (Å²) in [4.78, 5) is 12.1. The summed E-state index contributed by atoms with van der Waals surface area (Å²) in [6.45, 7) is 5.37. The summed E-state index contributed by atoms with van der Waals surface area (Å²) in [5.74, 6) is -0.158. The van der Waals surface area contributed by atoms with Gasteiger partial charge in [-0.05, 0) is 54.4 Å². The third-order valence-corrected chi connectivity index (χ3v) is 4.43. The Morgan fingerprint density at radius 3 is 2.86 bits per heavy atom. The summed E-state index contributed by atoms with van der Waals surface area (Å²) in [6, 6.07) is 7.35. The van der Waals surface area contributed by atoms with E-state index in [1.54, 1.807) is 12.1 Å². The van der Waals surface area contributed by atoms with Gasteiger partial charge in [-0.3, -0.25) is 9.48 Å². The largest absolute Gasteiger partial charge is 0.352 e. The first-order valence-electron chi connectivity index (χ1n) is 6.72. The van der Waals surface area contributed by atoms with Crippen LogP contribution < -0.4 is 5.32 Å². The van der Waals surface area contributed by atoms with Crippen LogP contribution in [-0.2, 0) is 6.54 Å². The molecule has 1 aromatic carbocycles. The van der Waals surface area contributed by atoms with E-state index in [1.807, 2.05) is 30.7 Å². The number of carbonyl (C=O) groups is 1. The molecular weight excluding hydrogens is 354 g/mol. The predicted molar refractivity (Wildman–Crippen MR) is 87.8 cm³/mol. The minimum atomic E-state index is -0.158. The molecule has 21 heavy (non-hydrogen) atoms. The van der Waals surface area contributed by atoms with Gasteiger partial charge in [0, 0.05) is 23.3 Å². The Bertz CT molecular complexity index is 654. The van der Waals surface area contributed by atoms with Gasteiger partial charge in [0.15, 0.2) is 0 Å². The standard InChI is InChI=1S/C15H17BrClN3O/c1-10-9-11(2)20(19-10)8-4-7-18-15(21)12-5-3-6-13(16)14(12)17/h3,5-6,9H,4,7-8H2,1-2H3,(H,18,21). The topological polar surface area (TPSA) is 46.9 Å². The molecule has 0 saturated heterocycles. The van der Waals surface area contributed by atoms with E-state index in [9.17, 15) is 4.79 Å². The Labute approximate surface area is 137 Å². The van der Waals surface area contributed by atoms with Gasteiger partial charge in [0.1, 0.15) is 0 Å². The summed E-state index contributed by atoms with van der Waals surface area (Å²) in [5.41, 5.74) is 2.63. The van der Waals surface area contributed by atoms with Crippen LogP contribution in [0.1, 0.15) is 28.2 Å². The zero-order chi connectivity index (χ0) is 15.4. The Morgan fingerprint density at radius 1 is 1.43 bits per heavy atom. The molecule has 6 heteroatoms. The van der Waals surface area contributed by atoms with E-state index in [-0.39, 0.29) is 5.91 Å². The fourth-order valence-corrected chi connectivity index (χ4v) is 2.68. The van der Waals surface area contributed by atoms with E-state index in [0.29, 0.717) is 17.1 Å². The first kappa shape index (κ1) is 16.0. The number of nitrogens with one attached hydrogen (secondary N) is 1. The Hall–Kier alpha value is -1.33. The van der Waals surface area contributed by atoms with E-state index < -0.39 is 0 Å². The number of hydrogen-bond acceptors (Lipinski definition) is 2. The molecule has 0 saturated carbocycles. The molecule has 1 N–H and O–H groups in total. The summed E-state index contributed by atoms with van der Waals surface area (Å²) in [7, 11) is 0. The van der Waals surface area contributed by atoms with Gasteiger partial charge in [0.2, 0.25) is 0 Å².